The first kappa shape index (κ1) is 15.6. The molecule has 3 rings (SSSR count). The molecule has 0 aromatic carbocycles. The van der Waals surface area contributed by atoms with E-state index >= 15 is 0 Å². The fourth-order valence-corrected chi connectivity index (χ4v) is 5.00. The van der Waals surface area contributed by atoms with Crippen LogP contribution in [0.15, 0.2) is 22.3 Å². The molecule has 0 N–H and O–H groups in total. The Hall–Kier alpha value is -1.27. The zero-order chi connectivity index (χ0) is 16.1. The van der Waals surface area contributed by atoms with Crippen LogP contribution in [0, 0.1) is 0 Å². The quantitative estimate of drug-likeness (QED) is 0.800. The highest BCUT2D eigenvalue weighted by Gasteiger charge is 2.41. The smallest absolute Gasteiger partial charge is 0.311 e. The lowest BCUT2D eigenvalue weighted by Gasteiger charge is -2.42. The Balaban J connectivity index is 2.12. The zero-order valence-electron chi connectivity index (χ0n) is 13.5. The Morgan fingerprint density at radius 2 is 1.86 bits per heavy atom. The molecule has 2 aliphatic rings. The van der Waals surface area contributed by atoms with Crippen molar-refractivity contribution in [1.29, 1.82) is 0 Å². The van der Waals surface area contributed by atoms with E-state index in [1.165, 1.54) is 0 Å². The summed E-state index contributed by atoms with van der Waals surface area (Å²) in [5.41, 5.74) is 1.88. The van der Waals surface area contributed by atoms with Crippen LogP contribution in [0.5, 0.6) is 0 Å². The Morgan fingerprint density at radius 1 is 1.18 bits per heavy atom. The average molecular weight is 325 g/mol. The van der Waals surface area contributed by atoms with Gasteiger partial charge in [-0.05, 0) is 45.8 Å². The van der Waals surface area contributed by atoms with Crippen LogP contribution in [0.1, 0.15) is 45.4 Å². The highest BCUT2D eigenvalue weighted by molar-refractivity contribution is 7.87. The van der Waals surface area contributed by atoms with Gasteiger partial charge in [-0.3, -0.25) is 4.90 Å². The van der Waals surface area contributed by atoms with E-state index in [4.69, 9.17) is 8.60 Å². The molecule has 22 heavy (non-hydrogen) atoms. The number of hydrogen-bond acceptors (Lipinski definition) is 5. The van der Waals surface area contributed by atoms with Crippen molar-refractivity contribution in [3.63, 3.8) is 0 Å². The molecule has 1 aliphatic heterocycles. The van der Waals surface area contributed by atoms with Crippen molar-refractivity contribution in [2.45, 2.75) is 58.7 Å². The van der Waals surface area contributed by atoms with Gasteiger partial charge in [0.1, 0.15) is 11.5 Å². The second kappa shape index (κ2) is 5.42. The van der Waals surface area contributed by atoms with Gasteiger partial charge in [-0.1, -0.05) is 0 Å². The minimum absolute atomic E-state index is 0.0232. The Morgan fingerprint density at radius 3 is 2.50 bits per heavy atom. The summed E-state index contributed by atoms with van der Waals surface area (Å²) < 4.78 is 35.4. The van der Waals surface area contributed by atoms with E-state index in [0.717, 1.165) is 29.7 Å². The van der Waals surface area contributed by atoms with Crippen molar-refractivity contribution < 1.29 is 17.0 Å². The van der Waals surface area contributed by atoms with Crippen molar-refractivity contribution in [2.24, 2.45) is 0 Å². The molecule has 1 atom stereocenters. The van der Waals surface area contributed by atoms with E-state index in [2.05, 4.69) is 32.6 Å². The maximum atomic E-state index is 12.3. The number of rotatable bonds is 3. The van der Waals surface area contributed by atoms with E-state index < -0.39 is 10.1 Å². The van der Waals surface area contributed by atoms with Gasteiger partial charge in [0.2, 0.25) is 0 Å². The third kappa shape index (κ3) is 2.58. The molecule has 1 unspecified atom stereocenters. The van der Waals surface area contributed by atoms with Crippen LogP contribution in [0.3, 0.4) is 0 Å². The molecule has 1 aromatic rings. The van der Waals surface area contributed by atoms with Crippen LogP contribution in [-0.2, 0) is 20.7 Å². The Kier molecular flexibility index (Phi) is 3.85. The lowest BCUT2D eigenvalue weighted by molar-refractivity contribution is 0.136. The topological polar surface area (TPSA) is 59.8 Å². The first-order chi connectivity index (χ1) is 10.3. The molecule has 0 amide bonds. The predicted molar refractivity (Wildman–Crippen MR) is 84.7 cm³/mol. The Labute approximate surface area is 132 Å². The highest BCUT2D eigenvalue weighted by Crippen LogP contribution is 2.41. The van der Waals surface area contributed by atoms with Crippen LogP contribution >= 0.6 is 0 Å². The van der Waals surface area contributed by atoms with Gasteiger partial charge >= 0.3 is 10.1 Å². The van der Waals surface area contributed by atoms with E-state index in [-0.39, 0.29) is 23.9 Å². The summed E-state index contributed by atoms with van der Waals surface area (Å²) in [7, 11) is -3.58. The summed E-state index contributed by atoms with van der Waals surface area (Å²) in [4.78, 5) is 2.26. The van der Waals surface area contributed by atoms with Crippen LogP contribution < -0.4 is 0 Å². The van der Waals surface area contributed by atoms with Crippen molar-refractivity contribution in [3.8, 4) is 0 Å². The molecule has 0 bridgehead atoms. The monoisotopic (exact) mass is 325 g/mol. The van der Waals surface area contributed by atoms with Gasteiger partial charge in [0.15, 0.2) is 5.76 Å². The zero-order valence-corrected chi connectivity index (χ0v) is 14.3. The van der Waals surface area contributed by atoms with E-state index in [0.29, 0.717) is 5.76 Å². The van der Waals surface area contributed by atoms with E-state index in [1.807, 2.05) is 0 Å². The molecule has 0 saturated carbocycles. The van der Waals surface area contributed by atoms with E-state index in [9.17, 15) is 8.42 Å². The molecular weight excluding hydrogens is 302 g/mol. The summed E-state index contributed by atoms with van der Waals surface area (Å²) >= 11 is 0. The molecule has 1 aliphatic carbocycles. The fraction of sp³-hybridized carbons (Fsp3) is 0.625. The molecule has 0 radical (unpaired) electrons. The number of hydrogen-bond donors (Lipinski definition) is 0. The maximum absolute atomic E-state index is 12.3. The molecular formula is C16H23NO4S. The number of fused-ring (bicyclic) bond motifs is 2. The molecule has 5 nitrogen and oxygen atoms in total. The molecule has 0 fully saturated rings. The standard InChI is InChI=1S/C16H23NO4S/c1-10(2)17(11(3)4)14-9-22(18,19)21-16-12(14)5-6-15-13(16)7-8-20-15/h7-8,10-11,14H,5-6,9H2,1-4H3. The largest absolute Gasteiger partial charge is 0.469 e. The second-order valence-corrected chi connectivity index (χ2v) is 8.19. The van der Waals surface area contributed by atoms with Gasteiger partial charge < -0.3 is 8.60 Å². The third-order valence-electron chi connectivity index (χ3n) is 4.43. The first-order valence-corrected chi connectivity index (χ1v) is 9.37. The summed E-state index contributed by atoms with van der Waals surface area (Å²) in [5.74, 6) is 1.34. The lowest BCUT2D eigenvalue weighted by Crippen LogP contribution is -2.51. The predicted octanol–water partition coefficient (Wildman–Crippen LogP) is 2.78. The number of furan rings is 1. The number of nitrogens with zero attached hydrogens (tertiary/aromatic N) is 1. The van der Waals surface area contributed by atoms with Crippen LogP contribution in [0.4, 0.5) is 0 Å². The van der Waals surface area contributed by atoms with Gasteiger partial charge in [-0.2, -0.15) is 8.42 Å². The molecule has 6 heteroatoms. The molecule has 122 valence electrons. The maximum Gasteiger partial charge on any atom is 0.311 e. The number of aryl methyl sites for hydroxylation is 1. The fourth-order valence-electron chi connectivity index (χ4n) is 3.72. The third-order valence-corrected chi connectivity index (χ3v) is 5.57. The van der Waals surface area contributed by atoms with Crippen LogP contribution in [0.2, 0.25) is 0 Å². The summed E-state index contributed by atoms with van der Waals surface area (Å²) in [6.45, 7) is 8.42. The van der Waals surface area contributed by atoms with E-state index in [1.54, 1.807) is 12.3 Å². The normalized spacial score (nSPS) is 23.7. The molecule has 1 aromatic heterocycles. The second-order valence-electron chi connectivity index (χ2n) is 6.57. The van der Waals surface area contributed by atoms with Crippen molar-refractivity contribution in [2.75, 3.05) is 5.75 Å². The Bertz CT molecular complexity index is 691. The first-order valence-electron chi connectivity index (χ1n) is 7.79. The van der Waals surface area contributed by atoms with Crippen molar-refractivity contribution in [1.82, 2.24) is 4.90 Å². The van der Waals surface area contributed by atoms with Gasteiger partial charge in [0, 0.05) is 18.5 Å². The summed E-state index contributed by atoms with van der Waals surface area (Å²) in [6.07, 6.45) is 3.18. The summed E-state index contributed by atoms with van der Waals surface area (Å²) in [6, 6.07) is 2.20. The highest BCUT2D eigenvalue weighted by atomic mass is 32.2. The van der Waals surface area contributed by atoms with Gasteiger partial charge in [-0.25, -0.2) is 0 Å². The molecule has 2 heterocycles. The molecule has 0 spiro atoms. The minimum atomic E-state index is -3.58. The SMILES string of the molecule is CC(C)N(C(C)C)C1CS(=O)(=O)OC2=C1CCc1occc12. The van der Waals surface area contributed by atoms with Gasteiger partial charge in [0.25, 0.3) is 0 Å². The summed E-state index contributed by atoms with van der Waals surface area (Å²) in [5, 5.41) is 0. The van der Waals surface area contributed by atoms with Crippen molar-refractivity contribution in [3.05, 3.63) is 29.2 Å². The van der Waals surface area contributed by atoms with Gasteiger partial charge in [0.05, 0.1) is 17.9 Å². The lowest BCUT2D eigenvalue weighted by atomic mass is 9.90. The van der Waals surface area contributed by atoms with Gasteiger partial charge in [-0.15, -0.1) is 0 Å². The molecule has 0 saturated heterocycles. The average Bonchev–Trinajstić information content (AvgIpc) is 2.85. The van der Waals surface area contributed by atoms with Crippen molar-refractivity contribution >= 4 is 15.9 Å². The van der Waals surface area contributed by atoms with Crippen LogP contribution in [0.25, 0.3) is 5.76 Å². The minimum Gasteiger partial charge on any atom is -0.469 e. The van der Waals surface area contributed by atoms with Crippen LogP contribution in [-0.4, -0.2) is 37.2 Å².